The van der Waals surface area contributed by atoms with Crippen molar-refractivity contribution >= 4 is 5.91 Å². The van der Waals surface area contributed by atoms with Crippen LogP contribution in [0.15, 0.2) is 24.3 Å². The molecule has 0 atom stereocenters. The molecule has 0 aliphatic heterocycles. The van der Waals surface area contributed by atoms with E-state index in [0.717, 1.165) is 18.7 Å². The van der Waals surface area contributed by atoms with E-state index in [0.29, 0.717) is 12.4 Å². The Kier molecular flexibility index (Phi) is 7.89. The summed E-state index contributed by atoms with van der Waals surface area (Å²) in [5.74, 6) is 2.76. The van der Waals surface area contributed by atoms with Gasteiger partial charge in [0.25, 0.3) is 5.91 Å². The molecule has 0 radical (unpaired) electrons. The topological polar surface area (TPSA) is 59.6 Å². The van der Waals surface area contributed by atoms with E-state index >= 15 is 0 Å². The van der Waals surface area contributed by atoms with Crippen molar-refractivity contribution in [3.63, 3.8) is 0 Å². The van der Waals surface area contributed by atoms with Crippen molar-refractivity contribution < 1.29 is 14.3 Å². The lowest BCUT2D eigenvalue weighted by Gasteiger charge is -2.08. The Morgan fingerprint density at radius 3 is 3.05 bits per heavy atom. The van der Waals surface area contributed by atoms with E-state index in [2.05, 4.69) is 16.6 Å². The zero-order chi connectivity index (χ0) is 14.6. The fourth-order valence-electron chi connectivity index (χ4n) is 1.50. The minimum Gasteiger partial charge on any atom is -0.484 e. The molecule has 1 aromatic carbocycles. The Morgan fingerprint density at radius 2 is 2.30 bits per heavy atom. The Balaban J connectivity index is 2.35. The van der Waals surface area contributed by atoms with Gasteiger partial charge in [-0.25, -0.2) is 0 Å². The third-order valence-corrected chi connectivity index (χ3v) is 2.47. The van der Waals surface area contributed by atoms with E-state index in [1.165, 1.54) is 0 Å². The van der Waals surface area contributed by atoms with E-state index in [1.807, 2.05) is 24.3 Å². The Bertz CT molecular complexity index is 455. The Hall–Kier alpha value is -2.03. The molecular weight excluding hydrogens is 256 g/mol. The summed E-state index contributed by atoms with van der Waals surface area (Å²) in [6.07, 6.45) is 5.05. The smallest absolute Gasteiger partial charge is 0.258 e. The van der Waals surface area contributed by atoms with Crippen molar-refractivity contribution in [1.82, 2.24) is 10.6 Å². The van der Waals surface area contributed by atoms with E-state index in [1.54, 1.807) is 7.11 Å². The summed E-state index contributed by atoms with van der Waals surface area (Å²) in [5.41, 5.74) is 1.09. The lowest BCUT2D eigenvalue weighted by Crippen LogP contribution is -2.29. The molecule has 0 unspecified atom stereocenters. The maximum atomic E-state index is 11.3. The molecule has 1 rings (SSSR count). The van der Waals surface area contributed by atoms with Crippen molar-refractivity contribution in [3.8, 4) is 18.1 Å². The molecule has 5 nitrogen and oxygen atoms in total. The summed E-state index contributed by atoms with van der Waals surface area (Å²) in [6.45, 7) is 2.36. The van der Waals surface area contributed by atoms with Crippen LogP contribution in [0, 0.1) is 12.3 Å². The lowest BCUT2D eigenvalue weighted by atomic mass is 10.2. The second-order valence-electron chi connectivity index (χ2n) is 4.09. The highest BCUT2D eigenvalue weighted by Gasteiger charge is 2.02. The molecule has 0 bridgehead atoms. The van der Waals surface area contributed by atoms with Crippen LogP contribution in [0.1, 0.15) is 5.56 Å². The molecule has 0 aromatic heterocycles. The average Bonchev–Trinajstić information content (AvgIpc) is 2.48. The van der Waals surface area contributed by atoms with Gasteiger partial charge in [-0.1, -0.05) is 18.1 Å². The lowest BCUT2D eigenvalue weighted by molar-refractivity contribution is -0.122. The first kappa shape index (κ1) is 16.0. The van der Waals surface area contributed by atoms with E-state index in [-0.39, 0.29) is 19.1 Å². The number of terminal acetylenes is 1. The van der Waals surface area contributed by atoms with Crippen LogP contribution in [0.3, 0.4) is 0 Å². The third-order valence-electron chi connectivity index (χ3n) is 2.47. The number of methoxy groups -OCH3 is 1. The van der Waals surface area contributed by atoms with Crippen LogP contribution in [0.25, 0.3) is 0 Å². The van der Waals surface area contributed by atoms with Crippen molar-refractivity contribution in [3.05, 3.63) is 29.8 Å². The number of hydrogen-bond donors (Lipinski definition) is 2. The number of benzene rings is 1. The molecule has 1 aromatic rings. The molecule has 20 heavy (non-hydrogen) atoms. The van der Waals surface area contributed by atoms with Gasteiger partial charge in [0.05, 0.1) is 13.2 Å². The van der Waals surface area contributed by atoms with Crippen LogP contribution in [-0.4, -0.2) is 39.3 Å². The summed E-state index contributed by atoms with van der Waals surface area (Å²) in [7, 11) is 1.67. The van der Waals surface area contributed by atoms with E-state index in [9.17, 15) is 4.79 Å². The monoisotopic (exact) mass is 276 g/mol. The minimum atomic E-state index is -0.230. The average molecular weight is 276 g/mol. The first-order chi connectivity index (χ1) is 9.76. The Morgan fingerprint density at radius 1 is 1.45 bits per heavy atom. The second kappa shape index (κ2) is 9.84. The Labute approximate surface area is 119 Å². The molecule has 0 fully saturated rings. The molecular formula is C15H20N2O3. The largest absolute Gasteiger partial charge is 0.484 e. The van der Waals surface area contributed by atoms with Crippen LogP contribution in [0.5, 0.6) is 5.75 Å². The van der Waals surface area contributed by atoms with Crippen LogP contribution in [0.4, 0.5) is 0 Å². The maximum Gasteiger partial charge on any atom is 0.258 e. The molecule has 1 amide bonds. The van der Waals surface area contributed by atoms with Gasteiger partial charge in [0.1, 0.15) is 5.75 Å². The minimum absolute atomic E-state index is 0.0394. The molecule has 0 spiro atoms. The quantitative estimate of drug-likeness (QED) is 0.511. The van der Waals surface area contributed by atoms with E-state index in [4.69, 9.17) is 15.9 Å². The molecule has 0 saturated carbocycles. The summed E-state index contributed by atoms with van der Waals surface area (Å²) < 4.78 is 10.4. The van der Waals surface area contributed by atoms with Gasteiger partial charge in [-0.05, 0) is 17.7 Å². The highest BCUT2D eigenvalue weighted by molar-refractivity contribution is 5.77. The molecule has 108 valence electrons. The van der Waals surface area contributed by atoms with Crippen molar-refractivity contribution in [1.29, 1.82) is 0 Å². The standard InChI is InChI=1S/C15H20N2O3/c1-3-7-17-15(18)12-20-14-6-4-5-13(10-14)11-16-8-9-19-2/h1,4-6,10,16H,7-9,11-12H2,2H3,(H,17,18). The number of nitrogens with one attached hydrogen (secondary N) is 2. The summed E-state index contributed by atoms with van der Waals surface area (Å²) in [4.78, 5) is 11.3. The van der Waals surface area contributed by atoms with Crippen LogP contribution >= 0.6 is 0 Å². The molecule has 0 heterocycles. The number of carbonyl (C=O) groups is 1. The maximum absolute atomic E-state index is 11.3. The van der Waals surface area contributed by atoms with Gasteiger partial charge < -0.3 is 20.1 Å². The highest BCUT2D eigenvalue weighted by atomic mass is 16.5. The van der Waals surface area contributed by atoms with Crippen molar-refractivity contribution in [2.75, 3.05) is 33.4 Å². The fraction of sp³-hybridized carbons (Fsp3) is 0.400. The first-order valence-corrected chi connectivity index (χ1v) is 6.38. The summed E-state index contributed by atoms with van der Waals surface area (Å²) in [5, 5.41) is 5.78. The molecule has 0 saturated heterocycles. The molecule has 0 aliphatic carbocycles. The SMILES string of the molecule is C#CCNC(=O)COc1cccc(CNCCOC)c1. The summed E-state index contributed by atoms with van der Waals surface area (Å²) in [6, 6.07) is 7.59. The van der Waals surface area contributed by atoms with Gasteiger partial charge in [0.2, 0.25) is 0 Å². The zero-order valence-electron chi connectivity index (χ0n) is 11.6. The van der Waals surface area contributed by atoms with Gasteiger partial charge in [0.15, 0.2) is 6.61 Å². The van der Waals surface area contributed by atoms with Gasteiger partial charge in [-0.3, -0.25) is 4.79 Å². The molecule has 0 aliphatic rings. The molecule has 2 N–H and O–H groups in total. The predicted octanol–water partition coefficient (Wildman–Crippen LogP) is 0.551. The van der Waals surface area contributed by atoms with Gasteiger partial charge in [-0.2, -0.15) is 0 Å². The van der Waals surface area contributed by atoms with Crippen LogP contribution < -0.4 is 15.4 Å². The molecule has 5 heteroatoms. The van der Waals surface area contributed by atoms with Crippen molar-refractivity contribution in [2.24, 2.45) is 0 Å². The number of hydrogen-bond acceptors (Lipinski definition) is 4. The van der Waals surface area contributed by atoms with E-state index < -0.39 is 0 Å². The van der Waals surface area contributed by atoms with Gasteiger partial charge >= 0.3 is 0 Å². The van der Waals surface area contributed by atoms with Gasteiger partial charge in [0, 0.05) is 20.2 Å². The summed E-state index contributed by atoms with van der Waals surface area (Å²) >= 11 is 0. The van der Waals surface area contributed by atoms with Crippen LogP contribution in [0.2, 0.25) is 0 Å². The van der Waals surface area contributed by atoms with Crippen LogP contribution in [-0.2, 0) is 16.1 Å². The van der Waals surface area contributed by atoms with Gasteiger partial charge in [-0.15, -0.1) is 6.42 Å². The van der Waals surface area contributed by atoms with Crippen molar-refractivity contribution in [2.45, 2.75) is 6.54 Å². The number of rotatable bonds is 9. The zero-order valence-corrected chi connectivity index (χ0v) is 11.6. The number of amides is 1. The fourth-order valence-corrected chi connectivity index (χ4v) is 1.50. The first-order valence-electron chi connectivity index (χ1n) is 6.38. The highest BCUT2D eigenvalue weighted by Crippen LogP contribution is 2.12. The third kappa shape index (κ3) is 6.78. The normalized spacial score (nSPS) is 9.80. The number of carbonyl (C=O) groups excluding carboxylic acids is 1. The number of ether oxygens (including phenoxy) is 2. The predicted molar refractivity (Wildman–Crippen MR) is 77.4 cm³/mol. The second-order valence-corrected chi connectivity index (χ2v) is 4.09.